The molecule has 0 bridgehead atoms. The van der Waals surface area contributed by atoms with Crippen molar-refractivity contribution < 1.29 is 0 Å². The van der Waals surface area contributed by atoms with Crippen molar-refractivity contribution in [3.8, 4) is 0 Å². The molecule has 2 atom stereocenters. The fourth-order valence-corrected chi connectivity index (χ4v) is 1.71. The van der Waals surface area contributed by atoms with E-state index in [2.05, 4.69) is 27.5 Å². The zero-order valence-corrected chi connectivity index (χ0v) is 9.54. The molecule has 2 rings (SSSR count). The third kappa shape index (κ3) is 2.58. The molecule has 0 aromatic carbocycles. The molecule has 1 heterocycles. The predicted octanol–water partition coefficient (Wildman–Crippen LogP) is 1.89. The Morgan fingerprint density at radius 2 is 2.07 bits per heavy atom. The maximum atomic E-state index is 4.34. The maximum Gasteiger partial charge on any atom is 0.131 e. The van der Waals surface area contributed by atoms with Crippen LogP contribution in [0.5, 0.6) is 0 Å². The average Bonchev–Trinajstić information content (AvgIpc) is 2.91. The van der Waals surface area contributed by atoms with E-state index in [-0.39, 0.29) is 0 Å². The Labute approximate surface area is 90.5 Å². The first-order chi connectivity index (χ1) is 7.19. The lowest BCUT2D eigenvalue weighted by molar-refractivity contribution is 0.783. The summed E-state index contributed by atoms with van der Waals surface area (Å²) in [7, 11) is 1.87. The van der Waals surface area contributed by atoms with Crippen molar-refractivity contribution in [2.45, 2.75) is 20.3 Å². The van der Waals surface area contributed by atoms with Crippen molar-refractivity contribution in [2.75, 3.05) is 24.2 Å². The SMILES string of the molecule is CNc1cc(NCC2CC2C)nc(C)n1. The summed E-state index contributed by atoms with van der Waals surface area (Å²) in [6.07, 6.45) is 1.34. The van der Waals surface area contributed by atoms with Crippen molar-refractivity contribution in [3.05, 3.63) is 11.9 Å². The Morgan fingerprint density at radius 1 is 1.40 bits per heavy atom. The number of nitrogens with zero attached hydrogens (tertiary/aromatic N) is 2. The molecule has 0 saturated heterocycles. The number of anilines is 2. The van der Waals surface area contributed by atoms with Gasteiger partial charge in [0.25, 0.3) is 0 Å². The summed E-state index contributed by atoms with van der Waals surface area (Å²) in [6.45, 7) is 5.23. The van der Waals surface area contributed by atoms with E-state index in [1.807, 2.05) is 20.0 Å². The Kier molecular flexibility index (Phi) is 2.75. The number of nitrogens with one attached hydrogen (secondary N) is 2. The molecular weight excluding hydrogens is 188 g/mol. The highest BCUT2D eigenvalue weighted by Gasteiger charge is 2.31. The first-order valence-electron chi connectivity index (χ1n) is 5.46. The second kappa shape index (κ2) is 4.04. The van der Waals surface area contributed by atoms with Crippen molar-refractivity contribution in [3.63, 3.8) is 0 Å². The van der Waals surface area contributed by atoms with Gasteiger partial charge in [-0.15, -0.1) is 0 Å². The summed E-state index contributed by atoms with van der Waals surface area (Å²) in [4.78, 5) is 8.59. The Balaban J connectivity index is 1.97. The number of rotatable bonds is 4. The molecule has 1 aliphatic carbocycles. The van der Waals surface area contributed by atoms with Gasteiger partial charge in [0.2, 0.25) is 0 Å². The topological polar surface area (TPSA) is 49.8 Å². The monoisotopic (exact) mass is 206 g/mol. The highest BCUT2D eigenvalue weighted by Crippen LogP contribution is 2.37. The van der Waals surface area contributed by atoms with E-state index in [9.17, 15) is 0 Å². The molecule has 4 heteroatoms. The molecule has 15 heavy (non-hydrogen) atoms. The first kappa shape index (κ1) is 10.2. The molecule has 0 aliphatic heterocycles. The standard InChI is InChI=1S/C11H18N4/c1-7-4-9(7)6-13-11-5-10(12-3)14-8(2)15-11/h5,7,9H,4,6H2,1-3H3,(H2,12,13,14,15). The molecule has 0 radical (unpaired) electrons. The van der Waals surface area contributed by atoms with Crippen LogP contribution in [0.3, 0.4) is 0 Å². The largest absolute Gasteiger partial charge is 0.373 e. The molecule has 1 fully saturated rings. The van der Waals surface area contributed by atoms with E-state index in [4.69, 9.17) is 0 Å². The lowest BCUT2D eigenvalue weighted by atomic mass is 10.3. The minimum absolute atomic E-state index is 0.799. The van der Waals surface area contributed by atoms with Crippen molar-refractivity contribution in [1.29, 1.82) is 0 Å². The molecule has 82 valence electrons. The number of hydrogen-bond donors (Lipinski definition) is 2. The van der Waals surface area contributed by atoms with Gasteiger partial charge < -0.3 is 10.6 Å². The van der Waals surface area contributed by atoms with Crippen LogP contribution in [-0.4, -0.2) is 23.6 Å². The van der Waals surface area contributed by atoms with E-state index in [1.54, 1.807) is 0 Å². The predicted molar refractivity (Wildman–Crippen MR) is 62.1 cm³/mol. The molecule has 0 amide bonds. The third-order valence-electron chi connectivity index (χ3n) is 2.92. The highest BCUT2D eigenvalue weighted by molar-refractivity contribution is 5.47. The fourth-order valence-electron chi connectivity index (χ4n) is 1.71. The summed E-state index contributed by atoms with van der Waals surface area (Å²) in [5.74, 6) is 4.30. The molecular formula is C11H18N4. The summed E-state index contributed by atoms with van der Waals surface area (Å²) in [6, 6.07) is 1.94. The van der Waals surface area contributed by atoms with Gasteiger partial charge in [-0.25, -0.2) is 9.97 Å². The normalized spacial score (nSPS) is 23.7. The molecule has 1 aromatic heterocycles. The Bertz CT molecular complexity index is 350. The van der Waals surface area contributed by atoms with Gasteiger partial charge in [0.05, 0.1) is 0 Å². The Morgan fingerprint density at radius 3 is 2.67 bits per heavy atom. The summed E-state index contributed by atoms with van der Waals surface area (Å²) in [5, 5.41) is 6.39. The zero-order valence-electron chi connectivity index (χ0n) is 9.54. The molecule has 2 unspecified atom stereocenters. The van der Waals surface area contributed by atoms with Crippen LogP contribution in [0.15, 0.2) is 6.07 Å². The fraction of sp³-hybridized carbons (Fsp3) is 0.636. The van der Waals surface area contributed by atoms with Gasteiger partial charge in [-0.05, 0) is 25.2 Å². The van der Waals surface area contributed by atoms with Gasteiger partial charge in [0, 0.05) is 19.7 Å². The van der Waals surface area contributed by atoms with Crippen molar-refractivity contribution in [1.82, 2.24) is 9.97 Å². The highest BCUT2D eigenvalue weighted by atomic mass is 15.1. The molecule has 2 N–H and O–H groups in total. The molecule has 1 aliphatic rings. The van der Waals surface area contributed by atoms with Crippen molar-refractivity contribution >= 4 is 11.6 Å². The molecule has 1 aromatic rings. The van der Waals surface area contributed by atoms with Crippen LogP contribution in [0.1, 0.15) is 19.2 Å². The molecule has 4 nitrogen and oxygen atoms in total. The number of aromatic nitrogens is 2. The van der Waals surface area contributed by atoms with Crippen LogP contribution in [0.25, 0.3) is 0 Å². The van der Waals surface area contributed by atoms with E-state index < -0.39 is 0 Å². The second-order valence-corrected chi connectivity index (χ2v) is 4.29. The van der Waals surface area contributed by atoms with Gasteiger partial charge in [0.15, 0.2) is 0 Å². The van der Waals surface area contributed by atoms with Crippen LogP contribution >= 0.6 is 0 Å². The number of aryl methyl sites for hydroxylation is 1. The summed E-state index contributed by atoms with van der Waals surface area (Å²) >= 11 is 0. The van der Waals surface area contributed by atoms with Gasteiger partial charge in [0.1, 0.15) is 17.5 Å². The third-order valence-corrected chi connectivity index (χ3v) is 2.92. The van der Waals surface area contributed by atoms with Gasteiger partial charge in [-0.3, -0.25) is 0 Å². The minimum Gasteiger partial charge on any atom is -0.373 e. The summed E-state index contributed by atoms with van der Waals surface area (Å²) in [5.41, 5.74) is 0. The second-order valence-electron chi connectivity index (χ2n) is 4.29. The van der Waals surface area contributed by atoms with Crippen LogP contribution in [0.2, 0.25) is 0 Å². The quantitative estimate of drug-likeness (QED) is 0.790. The van der Waals surface area contributed by atoms with Crippen LogP contribution in [0.4, 0.5) is 11.6 Å². The van der Waals surface area contributed by atoms with E-state index in [0.717, 1.165) is 35.8 Å². The van der Waals surface area contributed by atoms with Crippen molar-refractivity contribution in [2.24, 2.45) is 11.8 Å². The van der Waals surface area contributed by atoms with Crippen LogP contribution < -0.4 is 10.6 Å². The van der Waals surface area contributed by atoms with Crippen LogP contribution in [0, 0.1) is 18.8 Å². The zero-order chi connectivity index (χ0) is 10.8. The van der Waals surface area contributed by atoms with Gasteiger partial charge >= 0.3 is 0 Å². The van der Waals surface area contributed by atoms with E-state index >= 15 is 0 Å². The minimum atomic E-state index is 0.799. The lowest BCUT2D eigenvalue weighted by Gasteiger charge is -2.07. The Hall–Kier alpha value is -1.32. The number of hydrogen-bond acceptors (Lipinski definition) is 4. The van der Waals surface area contributed by atoms with E-state index in [0.29, 0.717) is 0 Å². The maximum absolute atomic E-state index is 4.34. The molecule has 0 spiro atoms. The summed E-state index contributed by atoms with van der Waals surface area (Å²) < 4.78 is 0. The van der Waals surface area contributed by atoms with Crippen LogP contribution in [-0.2, 0) is 0 Å². The van der Waals surface area contributed by atoms with E-state index in [1.165, 1.54) is 6.42 Å². The first-order valence-corrected chi connectivity index (χ1v) is 5.46. The van der Waals surface area contributed by atoms with Gasteiger partial charge in [-0.2, -0.15) is 0 Å². The lowest BCUT2D eigenvalue weighted by Crippen LogP contribution is -2.08. The average molecular weight is 206 g/mol. The van der Waals surface area contributed by atoms with Gasteiger partial charge in [-0.1, -0.05) is 6.92 Å². The smallest absolute Gasteiger partial charge is 0.131 e. The molecule has 1 saturated carbocycles.